The minimum Gasteiger partial charge on any atom is -0.462 e. The van der Waals surface area contributed by atoms with E-state index in [0.717, 1.165) is 173 Å². The van der Waals surface area contributed by atoms with E-state index in [2.05, 4.69) is 101 Å². The smallest absolute Gasteiger partial charge is 0.462 e. The number of unbranched alkanes of at least 4 members (excludes halogenated alkanes) is 38. The summed E-state index contributed by atoms with van der Waals surface area (Å²) in [6, 6.07) is 0. The first kappa shape index (κ1) is 96.5. The summed E-state index contributed by atoms with van der Waals surface area (Å²) < 4.78 is 68.6. The molecule has 0 saturated carbocycles. The van der Waals surface area contributed by atoms with Gasteiger partial charge in [0.25, 0.3) is 0 Å². The molecule has 0 heterocycles. The fourth-order valence-electron chi connectivity index (χ4n) is 11.0. The van der Waals surface area contributed by atoms with Crippen molar-refractivity contribution in [2.75, 3.05) is 39.6 Å². The summed E-state index contributed by atoms with van der Waals surface area (Å²) in [6.45, 7) is 4.80. The van der Waals surface area contributed by atoms with E-state index in [0.29, 0.717) is 25.7 Å². The van der Waals surface area contributed by atoms with E-state index in [9.17, 15) is 43.2 Å². The van der Waals surface area contributed by atoms with Crippen molar-refractivity contribution in [2.45, 2.75) is 380 Å². The summed E-state index contributed by atoms with van der Waals surface area (Å²) in [4.78, 5) is 72.9. The first-order chi connectivity index (χ1) is 48.7. The standard InChI is InChI=1S/C81H146O17P2/c1-5-9-13-17-21-25-29-33-35-36-37-38-40-44-46-50-54-58-62-66-79(84)92-72-77(98-81(86)68-64-60-56-52-48-42-32-28-24-20-16-12-8-4)74-96-100(89,90)94-70-75(82)69-93-99(87,88)95-73-76(97-80(85)67-63-59-55-51-47-41-31-27-23-19-15-11-7-3)71-91-78(83)65-61-57-53-49-45-43-39-34-30-26-22-18-14-10-6-2/h15,19,21,25,27,31,33-35,37-39,75-77,82H,5-14,16-18,20,22-24,26,28-30,32,36,40-74H2,1-4H3,(H,87,88)(H,89,90)/b19-15-,25-21-,31-27-,35-33-,38-37-,39-34-. The predicted octanol–water partition coefficient (Wildman–Crippen LogP) is 23.2. The third kappa shape index (κ3) is 72.8. The van der Waals surface area contributed by atoms with Crippen LogP contribution in [0.1, 0.15) is 362 Å². The minimum atomic E-state index is -4.97. The molecule has 19 heteroatoms. The van der Waals surface area contributed by atoms with Gasteiger partial charge in [0.2, 0.25) is 0 Å². The number of ether oxygens (including phenoxy) is 4. The van der Waals surface area contributed by atoms with Crippen LogP contribution in [0.3, 0.4) is 0 Å². The largest absolute Gasteiger partial charge is 0.472 e. The number of hydrogen-bond acceptors (Lipinski definition) is 15. The average Bonchev–Trinajstić information content (AvgIpc) is 0.929. The van der Waals surface area contributed by atoms with Gasteiger partial charge in [0, 0.05) is 25.7 Å². The SMILES string of the molecule is CCC/C=C\C/C=C\CCCCCCCC(=O)OC(COC(=O)CCCCCCC/C=C\CCCCCCCC)COP(=O)(O)OCC(O)COP(=O)(O)OCC(COC(=O)CCCCCCCC/C=C\C/C=C\C/C=C\CCCCC)OC(=O)CCCCCCCCCCCCCCC. The average molecular weight is 1450 g/mol. The van der Waals surface area contributed by atoms with Crippen molar-refractivity contribution in [1.29, 1.82) is 0 Å². The molecule has 0 fully saturated rings. The second-order valence-electron chi connectivity index (χ2n) is 27.0. The zero-order valence-corrected chi connectivity index (χ0v) is 65.4. The van der Waals surface area contributed by atoms with Crippen LogP contribution < -0.4 is 0 Å². The van der Waals surface area contributed by atoms with Gasteiger partial charge >= 0.3 is 39.5 Å². The monoisotopic (exact) mass is 1450 g/mol. The molecule has 0 bridgehead atoms. The fourth-order valence-corrected chi connectivity index (χ4v) is 12.5. The number of aliphatic hydroxyl groups excluding tert-OH is 1. The Labute approximate surface area is 609 Å². The van der Waals surface area contributed by atoms with Crippen molar-refractivity contribution >= 4 is 39.5 Å². The van der Waals surface area contributed by atoms with Crippen LogP contribution >= 0.6 is 15.6 Å². The van der Waals surface area contributed by atoms with Crippen LogP contribution in [0.5, 0.6) is 0 Å². The molecule has 582 valence electrons. The zero-order valence-electron chi connectivity index (χ0n) is 63.6. The topological polar surface area (TPSA) is 237 Å². The van der Waals surface area contributed by atoms with Crippen LogP contribution in [0.2, 0.25) is 0 Å². The quantitative estimate of drug-likeness (QED) is 0.0169. The first-order valence-electron chi connectivity index (χ1n) is 40.2. The van der Waals surface area contributed by atoms with Gasteiger partial charge in [-0.2, -0.15) is 0 Å². The first-order valence-corrected chi connectivity index (χ1v) is 43.2. The molecule has 0 aromatic heterocycles. The summed E-state index contributed by atoms with van der Waals surface area (Å²) >= 11 is 0. The summed E-state index contributed by atoms with van der Waals surface area (Å²) in [5.41, 5.74) is 0. The molecule has 3 N–H and O–H groups in total. The van der Waals surface area contributed by atoms with Crippen LogP contribution in [0, 0.1) is 0 Å². The van der Waals surface area contributed by atoms with E-state index in [1.54, 1.807) is 0 Å². The van der Waals surface area contributed by atoms with Crippen LogP contribution in [0.4, 0.5) is 0 Å². The number of esters is 4. The lowest BCUT2D eigenvalue weighted by Gasteiger charge is -2.21. The third-order valence-corrected chi connectivity index (χ3v) is 19.0. The zero-order chi connectivity index (χ0) is 73.2. The second kappa shape index (κ2) is 73.8. The van der Waals surface area contributed by atoms with Gasteiger partial charge in [0.05, 0.1) is 26.4 Å². The molecule has 0 aliphatic carbocycles. The number of allylic oxidation sites excluding steroid dienone is 12. The van der Waals surface area contributed by atoms with Crippen molar-refractivity contribution in [3.05, 3.63) is 72.9 Å². The van der Waals surface area contributed by atoms with Crippen LogP contribution in [0.15, 0.2) is 72.9 Å². The molecule has 100 heavy (non-hydrogen) atoms. The highest BCUT2D eigenvalue weighted by molar-refractivity contribution is 7.47. The molecule has 5 atom stereocenters. The summed E-state index contributed by atoms with van der Waals surface area (Å²) in [6.07, 6.45) is 74.5. The molecule has 0 spiro atoms. The van der Waals surface area contributed by atoms with Gasteiger partial charge in [-0.25, -0.2) is 9.13 Å². The Kier molecular flexibility index (Phi) is 71.2. The molecule has 0 aliphatic rings. The van der Waals surface area contributed by atoms with E-state index in [-0.39, 0.29) is 25.7 Å². The molecule has 0 aromatic carbocycles. The predicted molar refractivity (Wildman–Crippen MR) is 409 cm³/mol. The van der Waals surface area contributed by atoms with Crippen molar-refractivity contribution in [1.82, 2.24) is 0 Å². The van der Waals surface area contributed by atoms with Gasteiger partial charge in [-0.3, -0.25) is 37.3 Å². The van der Waals surface area contributed by atoms with Gasteiger partial charge in [0.1, 0.15) is 19.3 Å². The van der Waals surface area contributed by atoms with Crippen molar-refractivity contribution < 1.29 is 80.2 Å². The Morgan fingerprint density at radius 1 is 0.280 bits per heavy atom. The summed E-state index contributed by atoms with van der Waals surface area (Å²) in [7, 11) is -9.95. The molecule has 0 radical (unpaired) electrons. The lowest BCUT2D eigenvalue weighted by Crippen LogP contribution is -2.30. The molecule has 0 amide bonds. The Hall–Kier alpha value is -3.50. The molecule has 0 saturated heterocycles. The summed E-state index contributed by atoms with van der Waals surface area (Å²) in [5.74, 6) is -2.18. The number of hydrogen-bond donors (Lipinski definition) is 3. The maximum Gasteiger partial charge on any atom is 0.472 e. The maximum atomic E-state index is 13.1. The number of phosphoric acid groups is 2. The number of rotatable bonds is 76. The molecular weight excluding hydrogens is 1310 g/mol. The van der Waals surface area contributed by atoms with Gasteiger partial charge in [0.15, 0.2) is 12.2 Å². The van der Waals surface area contributed by atoms with E-state index >= 15 is 0 Å². The lowest BCUT2D eigenvalue weighted by molar-refractivity contribution is -0.161. The van der Waals surface area contributed by atoms with Gasteiger partial charge < -0.3 is 33.8 Å². The Bertz CT molecular complexity index is 2180. The molecule has 0 rings (SSSR count). The Morgan fingerprint density at radius 3 is 0.820 bits per heavy atom. The molecular formula is C81H146O17P2. The maximum absolute atomic E-state index is 13.1. The highest BCUT2D eigenvalue weighted by atomic mass is 31.2. The minimum absolute atomic E-state index is 0.0800. The van der Waals surface area contributed by atoms with Crippen LogP contribution in [0.25, 0.3) is 0 Å². The molecule has 0 aromatic rings. The molecule has 17 nitrogen and oxygen atoms in total. The summed E-state index contributed by atoms with van der Waals surface area (Å²) in [5, 5.41) is 10.6. The Balaban J connectivity index is 5.32. The second-order valence-corrected chi connectivity index (χ2v) is 29.9. The van der Waals surface area contributed by atoms with E-state index in [4.69, 9.17) is 37.0 Å². The third-order valence-electron chi connectivity index (χ3n) is 17.1. The number of phosphoric ester groups is 2. The van der Waals surface area contributed by atoms with Crippen LogP contribution in [-0.4, -0.2) is 96.7 Å². The van der Waals surface area contributed by atoms with Gasteiger partial charge in [-0.1, -0.05) is 293 Å². The molecule has 0 aliphatic heterocycles. The van der Waals surface area contributed by atoms with Crippen molar-refractivity contribution in [3.63, 3.8) is 0 Å². The van der Waals surface area contributed by atoms with Crippen LogP contribution in [-0.2, 0) is 65.4 Å². The van der Waals surface area contributed by atoms with Gasteiger partial charge in [-0.15, -0.1) is 0 Å². The molecule has 5 unspecified atom stereocenters. The van der Waals surface area contributed by atoms with Crippen molar-refractivity contribution in [2.24, 2.45) is 0 Å². The van der Waals surface area contributed by atoms with E-state index < -0.39 is 97.5 Å². The Morgan fingerprint density at radius 2 is 0.510 bits per heavy atom. The number of aliphatic hydroxyl groups is 1. The number of carbonyl (C=O) groups excluding carboxylic acids is 4. The fraction of sp³-hybridized carbons (Fsp3) is 0.802. The van der Waals surface area contributed by atoms with Gasteiger partial charge in [-0.05, 0) is 116 Å². The van der Waals surface area contributed by atoms with Crippen molar-refractivity contribution in [3.8, 4) is 0 Å². The van der Waals surface area contributed by atoms with E-state index in [1.807, 2.05) is 0 Å². The highest BCUT2D eigenvalue weighted by Gasteiger charge is 2.30. The van der Waals surface area contributed by atoms with E-state index in [1.165, 1.54) is 109 Å². The highest BCUT2D eigenvalue weighted by Crippen LogP contribution is 2.45. The number of carbonyl (C=O) groups is 4. The normalized spacial score (nSPS) is 14.3. The lowest BCUT2D eigenvalue weighted by atomic mass is 10.0.